The van der Waals surface area contributed by atoms with Crippen LogP contribution in [0, 0.1) is 0 Å². The second-order valence-electron chi connectivity index (χ2n) is 3.98. The van der Waals surface area contributed by atoms with Crippen molar-refractivity contribution >= 4 is 15.9 Å². The Balaban J connectivity index is 2.38. The summed E-state index contributed by atoms with van der Waals surface area (Å²) in [5, 5.41) is 19.5. The van der Waals surface area contributed by atoms with Crippen molar-refractivity contribution in [1.29, 1.82) is 0 Å². The van der Waals surface area contributed by atoms with Crippen LogP contribution in [-0.2, 0) is 6.42 Å². The molecule has 0 heterocycles. The highest BCUT2D eigenvalue weighted by molar-refractivity contribution is 9.10. The number of halogens is 1. The molecule has 0 radical (unpaired) electrons. The Bertz CT molecular complexity index is 386. The third-order valence-corrected chi connectivity index (χ3v) is 3.46. The third-order valence-electron chi connectivity index (χ3n) is 2.72. The van der Waals surface area contributed by atoms with Crippen LogP contribution in [0.5, 0.6) is 11.5 Å². The van der Waals surface area contributed by atoms with E-state index < -0.39 is 5.60 Å². The molecule has 0 aliphatic heterocycles. The van der Waals surface area contributed by atoms with Crippen molar-refractivity contribution < 1.29 is 14.9 Å². The quantitative estimate of drug-likeness (QED) is 0.887. The summed E-state index contributed by atoms with van der Waals surface area (Å²) in [6, 6.07) is 3.34. The fourth-order valence-corrected chi connectivity index (χ4v) is 2.09. The van der Waals surface area contributed by atoms with Crippen LogP contribution in [0.1, 0.15) is 18.4 Å². The fourth-order valence-electron chi connectivity index (χ4n) is 1.63. The standard InChI is InChI=1S/C11H13BrO3/c1-15-10-7(6-11(14)4-5-11)8(12)2-3-9(10)13/h2-3,13-14H,4-6H2,1H3. The van der Waals surface area contributed by atoms with Crippen LogP contribution in [0.25, 0.3) is 0 Å². The first kappa shape index (κ1) is 10.8. The van der Waals surface area contributed by atoms with Gasteiger partial charge in [0.15, 0.2) is 11.5 Å². The SMILES string of the molecule is COc1c(O)ccc(Br)c1CC1(O)CC1. The molecule has 0 saturated heterocycles. The van der Waals surface area contributed by atoms with Gasteiger partial charge >= 0.3 is 0 Å². The van der Waals surface area contributed by atoms with Gasteiger partial charge in [-0.15, -0.1) is 0 Å². The lowest BCUT2D eigenvalue weighted by Crippen LogP contribution is -2.12. The zero-order valence-electron chi connectivity index (χ0n) is 8.46. The first-order valence-electron chi connectivity index (χ1n) is 4.82. The summed E-state index contributed by atoms with van der Waals surface area (Å²) >= 11 is 3.40. The van der Waals surface area contributed by atoms with Crippen LogP contribution in [0.2, 0.25) is 0 Å². The number of benzene rings is 1. The van der Waals surface area contributed by atoms with E-state index in [4.69, 9.17) is 4.74 Å². The Kier molecular flexibility index (Phi) is 2.64. The molecule has 0 bridgehead atoms. The number of rotatable bonds is 3. The van der Waals surface area contributed by atoms with Gasteiger partial charge in [0.05, 0.1) is 12.7 Å². The van der Waals surface area contributed by atoms with Crippen LogP contribution in [0.4, 0.5) is 0 Å². The highest BCUT2D eigenvalue weighted by Crippen LogP contribution is 2.44. The van der Waals surface area contributed by atoms with Crippen molar-refractivity contribution in [3.63, 3.8) is 0 Å². The smallest absolute Gasteiger partial charge is 0.164 e. The Hall–Kier alpha value is -0.740. The van der Waals surface area contributed by atoms with Gasteiger partial charge < -0.3 is 14.9 Å². The lowest BCUT2D eigenvalue weighted by Gasteiger charge is -2.14. The lowest BCUT2D eigenvalue weighted by atomic mass is 10.0. The number of phenols is 1. The molecular weight excluding hydrogens is 260 g/mol. The van der Waals surface area contributed by atoms with Gasteiger partial charge in [0.2, 0.25) is 0 Å². The maximum absolute atomic E-state index is 9.86. The van der Waals surface area contributed by atoms with E-state index in [9.17, 15) is 10.2 Å². The van der Waals surface area contributed by atoms with E-state index in [2.05, 4.69) is 15.9 Å². The molecule has 2 rings (SSSR count). The number of aromatic hydroxyl groups is 1. The fraction of sp³-hybridized carbons (Fsp3) is 0.455. The number of aliphatic hydroxyl groups is 1. The first-order chi connectivity index (χ1) is 7.06. The van der Waals surface area contributed by atoms with Crippen molar-refractivity contribution in [2.75, 3.05) is 7.11 Å². The lowest BCUT2D eigenvalue weighted by molar-refractivity contribution is 0.149. The van der Waals surface area contributed by atoms with Gasteiger partial charge in [-0.1, -0.05) is 15.9 Å². The summed E-state index contributed by atoms with van der Waals surface area (Å²) in [4.78, 5) is 0. The zero-order valence-corrected chi connectivity index (χ0v) is 10.0. The zero-order chi connectivity index (χ0) is 11.1. The topological polar surface area (TPSA) is 49.7 Å². The molecule has 82 valence electrons. The maximum Gasteiger partial charge on any atom is 0.164 e. The van der Waals surface area contributed by atoms with E-state index in [1.54, 1.807) is 12.1 Å². The van der Waals surface area contributed by atoms with Gasteiger partial charge in [-0.25, -0.2) is 0 Å². The molecule has 1 aromatic rings. The Morgan fingerprint density at radius 1 is 1.47 bits per heavy atom. The summed E-state index contributed by atoms with van der Waals surface area (Å²) in [6.45, 7) is 0. The van der Waals surface area contributed by atoms with Crippen LogP contribution >= 0.6 is 15.9 Å². The van der Waals surface area contributed by atoms with Crippen molar-refractivity contribution in [2.45, 2.75) is 24.9 Å². The minimum Gasteiger partial charge on any atom is -0.504 e. The molecular formula is C11H13BrO3. The van der Waals surface area contributed by atoms with Gasteiger partial charge in [0.25, 0.3) is 0 Å². The average molecular weight is 273 g/mol. The molecule has 1 saturated carbocycles. The molecule has 0 amide bonds. The first-order valence-corrected chi connectivity index (χ1v) is 5.62. The van der Waals surface area contributed by atoms with Gasteiger partial charge in [0, 0.05) is 16.5 Å². The van der Waals surface area contributed by atoms with Crippen LogP contribution in [0.15, 0.2) is 16.6 Å². The van der Waals surface area contributed by atoms with E-state index in [-0.39, 0.29) is 5.75 Å². The number of methoxy groups -OCH3 is 1. The Labute approximate surface area is 96.8 Å². The highest BCUT2D eigenvalue weighted by Gasteiger charge is 2.41. The van der Waals surface area contributed by atoms with Crippen molar-refractivity contribution in [1.82, 2.24) is 0 Å². The maximum atomic E-state index is 9.86. The number of ether oxygens (including phenoxy) is 1. The molecule has 0 unspecified atom stereocenters. The van der Waals surface area contributed by atoms with Crippen molar-refractivity contribution in [3.05, 3.63) is 22.2 Å². The van der Waals surface area contributed by atoms with Crippen molar-refractivity contribution in [3.8, 4) is 11.5 Å². The molecule has 0 atom stereocenters. The molecule has 15 heavy (non-hydrogen) atoms. The predicted octanol–water partition coefficient (Wildman–Crippen LogP) is 2.23. The summed E-state index contributed by atoms with van der Waals surface area (Å²) < 4.78 is 6.00. The van der Waals surface area contributed by atoms with Crippen LogP contribution in [0.3, 0.4) is 0 Å². The second kappa shape index (κ2) is 3.68. The molecule has 1 aliphatic carbocycles. The van der Waals surface area contributed by atoms with E-state index in [1.165, 1.54) is 7.11 Å². The van der Waals surface area contributed by atoms with E-state index in [1.807, 2.05) is 0 Å². The summed E-state index contributed by atoms with van der Waals surface area (Å²) in [5.74, 6) is 0.560. The normalized spacial score (nSPS) is 17.5. The van der Waals surface area contributed by atoms with Gasteiger partial charge in [-0.05, 0) is 25.0 Å². The minimum absolute atomic E-state index is 0.111. The summed E-state index contributed by atoms with van der Waals surface area (Å²) in [5.41, 5.74) is 0.237. The highest BCUT2D eigenvalue weighted by atomic mass is 79.9. The van der Waals surface area contributed by atoms with Crippen molar-refractivity contribution in [2.24, 2.45) is 0 Å². The number of phenolic OH excluding ortho intramolecular Hbond substituents is 1. The Morgan fingerprint density at radius 3 is 2.67 bits per heavy atom. The molecule has 0 aromatic heterocycles. The van der Waals surface area contributed by atoms with E-state index in [0.717, 1.165) is 22.9 Å². The second-order valence-corrected chi connectivity index (χ2v) is 4.83. The monoisotopic (exact) mass is 272 g/mol. The molecule has 1 fully saturated rings. The predicted molar refractivity (Wildman–Crippen MR) is 60.2 cm³/mol. The third kappa shape index (κ3) is 2.11. The largest absolute Gasteiger partial charge is 0.504 e. The van der Waals surface area contributed by atoms with Gasteiger partial charge in [-0.3, -0.25) is 0 Å². The molecule has 3 nitrogen and oxygen atoms in total. The van der Waals surface area contributed by atoms with E-state index >= 15 is 0 Å². The van der Waals surface area contributed by atoms with E-state index in [0.29, 0.717) is 12.2 Å². The van der Waals surface area contributed by atoms with Gasteiger partial charge in [-0.2, -0.15) is 0 Å². The van der Waals surface area contributed by atoms with Gasteiger partial charge in [0.1, 0.15) is 0 Å². The molecule has 4 heteroatoms. The molecule has 1 aromatic carbocycles. The molecule has 0 spiro atoms. The average Bonchev–Trinajstić information content (AvgIpc) is 2.91. The molecule has 2 N–H and O–H groups in total. The summed E-state index contributed by atoms with van der Waals surface area (Å²) in [6.07, 6.45) is 2.15. The van der Waals surface area contributed by atoms with Crippen LogP contribution in [-0.4, -0.2) is 22.9 Å². The van der Waals surface area contributed by atoms with Crippen LogP contribution < -0.4 is 4.74 Å². The summed E-state index contributed by atoms with van der Waals surface area (Å²) in [7, 11) is 1.52. The molecule has 1 aliphatic rings. The number of hydrogen-bond acceptors (Lipinski definition) is 3. The number of hydrogen-bond donors (Lipinski definition) is 2. The Morgan fingerprint density at radius 2 is 2.13 bits per heavy atom. The minimum atomic E-state index is -0.594.